The second kappa shape index (κ2) is 10.4. The standard InChI is InChI=1S/C25H28N2O5S/c1-18-12-13-19(2)24(16-18)33(29,30)26-21-9-7-8-20(17-21)25(28)27(3)14-15-32-23-11-6-5-10-22(23)31-4/h5-13,16-17,26H,14-15H2,1-4H3. The van der Waals surface area contributed by atoms with Crippen molar-refractivity contribution in [2.45, 2.75) is 18.7 Å². The summed E-state index contributed by atoms with van der Waals surface area (Å²) in [7, 11) is -0.551. The largest absolute Gasteiger partial charge is 0.493 e. The molecule has 0 radical (unpaired) electrons. The van der Waals surface area contributed by atoms with E-state index in [1.54, 1.807) is 63.5 Å². The molecule has 0 unspecified atom stereocenters. The number of hydrogen-bond donors (Lipinski definition) is 1. The van der Waals surface area contributed by atoms with Crippen LogP contribution in [0.3, 0.4) is 0 Å². The number of nitrogens with zero attached hydrogens (tertiary/aromatic N) is 1. The number of para-hydroxylation sites is 2. The van der Waals surface area contributed by atoms with Crippen molar-refractivity contribution in [3.05, 3.63) is 83.4 Å². The van der Waals surface area contributed by atoms with Gasteiger partial charge in [-0.25, -0.2) is 8.42 Å². The van der Waals surface area contributed by atoms with E-state index in [4.69, 9.17) is 9.47 Å². The van der Waals surface area contributed by atoms with Gasteiger partial charge in [-0.1, -0.05) is 30.3 Å². The highest BCUT2D eigenvalue weighted by molar-refractivity contribution is 7.92. The van der Waals surface area contributed by atoms with E-state index < -0.39 is 10.0 Å². The third-order valence-corrected chi connectivity index (χ3v) is 6.62. The van der Waals surface area contributed by atoms with Crippen LogP contribution >= 0.6 is 0 Å². The number of nitrogens with one attached hydrogen (secondary N) is 1. The molecule has 3 aromatic rings. The van der Waals surface area contributed by atoms with Gasteiger partial charge in [0.2, 0.25) is 0 Å². The Morgan fingerprint density at radius 2 is 1.70 bits per heavy atom. The molecule has 174 valence electrons. The maximum atomic E-state index is 12.9. The molecule has 0 saturated carbocycles. The number of amides is 1. The fourth-order valence-electron chi connectivity index (χ4n) is 3.28. The summed E-state index contributed by atoms with van der Waals surface area (Å²) in [6.45, 7) is 4.21. The molecule has 0 bridgehead atoms. The van der Waals surface area contributed by atoms with Crippen molar-refractivity contribution in [2.24, 2.45) is 0 Å². The summed E-state index contributed by atoms with van der Waals surface area (Å²) < 4.78 is 39.3. The number of likely N-dealkylation sites (N-methyl/N-ethyl adjacent to an activating group) is 1. The molecule has 0 aliphatic rings. The summed E-state index contributed by atoms with van der Waals surface area (Å²) in [5, 5.41) is 0. The number of anilines is 1. The molecule has 0 fully saturated rings. The number of ether oxygens (including phenoxy) is 2. The zero-order valence-corrected chi connectivity index (χ0v) is 20.0. The number of carbonyl (C=O) groups is 1. The van der Waals surface area contributed by atoms with Crippen LogP contribution in [0.5, 0.6) is 11.5 Å². The Kier molecular flexibility index (Phi) is 7.60. The first-order chi connectivity index (χ1) is 15.7. The minimum Gasteiger partial charge on any atom is -0.493 e. The van der Waals surface area contributed by atoms with E-state index in [1.165, 1.54) is 11.0 Å². The van der Waals surface area contributed by atoms with Crippen LogP contribution in [-0.2, 0) is 10.0 Å². The van der Waals surface area contributed by atoms with E-state index in [0.29, 0.717) is 34.9 Å². The summed E-state index contributed by atoms with van der Waals surface area (Å²) in [4.78, 5) is 14.6. The van der Waals surface area contributed by atoms with Crippen molar-refractivity contribution in [3.8, 4) is 11.5 Å². The van der Waals surface area contributed by atoms with E-state index in [0.717, 1.165) is 5.56 Å². The molecule has 0 aliphatic heterocycles. The number of benzene rings is 3. The maximum Gasteiger partial charge on any atom is 0.262 e. The number of methoxy groups -OCH3 is 1. The lowest BCUT2D eigenvalue weighted by molar-refractivity contribution is 0.0773. The number of sulfonamides is 1. The van der Waals surface area contributed by atoms with Gasteiger partial charge in [0, 0.05) is 18.3 Å². The van der Waals surface area contributed by atoms with Crippen molar-refractivity contribution in [3.63, 3.8) is 0 Å². The molecule has 3 aromatic carbocycles. The van der Waals surface area contributed by atoms with E-state index in [1.807, 2.05) is 25.1 Å². The zero-order valence-electron chi connectivity index (χ0n) is 19.2. The van der Waals surface area contributed by atoms with Gasteiger partial charge in [0.05, 0.1) is 18.6 Å². The van der Waals surface area contributed by atoms with Crippen LogP contribution in [0.25, 0.3) is 0 Å². The molecule has 0 heterocycles. The molecule has 0 spiro atoms. The van der Waals surface area contributed by atoms with Crippen molar-refractivity contribution < 1.29 is 22.7 Å². The summed E-state index contributed by atoms with van der Waals surface area (Å²) in [5.74, 6) is 0.977. The van der Waals surface area contributed by atoms with Crippen LogP contribution in [0.15, 0.2) is 71.6 Å². The van der Waals surface area contributed by atoms with E-state index in [-0.39, 0.29) is 17.4 Å². The highest BCUT2D eigenvalue weighted by Gasteiger charge is 2.19. The summed E-state index contributed by atoms with van der Waals surface area (Å²) in [6, 6.07) is 19.0. The quantitative estimate of drug-likeness (QED) is 0.507. The first-order valence-corrected chi connectivity index (χ1v) is 11.9. The Morgan fingerprint density at radius 3 is 2.42 bits per heavy atom. The van der Waals surface area contributed by atoms with Gasteiger partial charge in [-0.3, -0.25) is 9.52 Å². The molecular formula is C25H28N2O5S. The topological polar surface area (TPSA) is 84.9 Å². The molecule has 3 rings (SSSR count). The first kappa shape index (κ1) is 24.1. The molecule has 1 N–H and O–H groups in total. The summed E-state index contributed by atoms with van der Waals surface area (Å²) >= 11 is 0. The van der Waals surface area contributed by atoms with Gasteiger partial charge >= 0.3 is 0 Å². The van der Waals surface area contributed by atoms with Crippen molar-refractivity contribution in [1.82, 2.24) is 4.90 Å². The lowest BCUT2D eigenvalue weighted by Gasteiger charge is -2.19. The zero-order chi connectivity index (χ0) is 24.0. The predicted octanol–water partition coefficient (Wildman–Crippen LogP) is 4.26. The maximum absolute atomic E-state index is 12.9. The number of rotatable bonds is 9. The second-order valence-corrected chi connectivity index (χ2v) is 9.33. The predicted molar refractivity (Wildman–Crippen MR) is 129 cm³/mol. The summed E-state index contributed by atoms with van der Waals surface area (Å²) in [6.07, 6.45) is 0. The van der Waals surface area contributed by atoms with Crippen LogP contribution in [0.4, 0.5) is 5.69 Å². The Morgan fingerprint density at radius 1 is 0.970 bits per heavy atom. The lowest BCUT2D eigenvalue weighted by Crippen LogP contribution is -2.31. The lowest BCUT2D eigenvalue weighted by atomic mass is 10.2. The third-order valence-electron chi connectivity index (χ3n) is 5.09. The Balaban J connectivity index is 1.67. The first-order valence-electron chi connectivity index (χ1n) is 10.4. The normalized spacial score (nSPS) is 11.0. The minimum absolute atomic E-state index is 0.213. The molecule has 0 aromatic heterocycles. The molecule has 33 heavy (non-hydrogen) atoms. The van der Waals surface area contributed by atoms with Gasteiger partial charge in [0.25, 0.3) is 15.9 Å². The minimum atomic E-state index is -3.79. The Hall–Kier alpha value is -3.52. The SMILES string of the molecule is COc1ccccc1OCCN(C)C(=O)c1cccc(NS(=O)(=O)c2cc(C)ccc2C)c1. The van der Waals surface area contributed by atoms with Crippen molar-refractivity contribution in [2.75, 3.05) is 32.0 Å². The number of hydrogen-bond acceptors (Lipinski definition) is 5. The number of carbonyl (C=O) groups excluding carboxylic acids is 1. The van der Waals surface area contributed by atoms with Crippen molar-refractivity contribution in [1.29, 1.82) is 0 Å². The van der Waals surface area contributed by atoms with Crippen LogP contribution in [0.1, 0.15) is 21.5 Å². The van der Waals surface area contributed by atoms with Gasteiger partial charge in [-0.05, 0) is 61.4 Å². The smallest absolute Gasteiger partial charge is 0.262 e. The van der Waals surface area contributed by atoms with Gasteiger partial charge in [-0.2, -0.15) is 0 Å². The Bertz CT molecular complexity index is 1240. The van der Waals surface area contributed by atoms with E-state index in [9.17, 15) is 13.2 Å². The number of aryl methyl sites for hydroxylation is 2. The summed E-state index contributed by atoms with van der Waals surface area (Å²) in [5.41, 5.74) is 2.19. The molecule has 8 heteroatoms. The highest BCUT2D eigenvalue weighted by atomic mass is 32.2. The van der Waals surface area contributed by atoms with Gasteiger partial charge < -0.3 is 14.4 Å². The fraction of sp³-hybridized carbons (Fsp3) is 0.240. The Labute approximate surface area is 195 Å². The van der Waals surface area contributed by atoms with Crippen LogP contribution in [-0.4, -0.2) is 46.5 Å². The van der Waals surface area contributed by atoms with E-state index >= 15 is 0 Å². The third kappa shape index (κ3) is 6.04. The van der Waals surface area contributed by atoms with Crippen molar-refractivity contribution >= 4 is 21.6 Å². The molecular weight excluding hydrogens is 440 g/mol. The average molecular weight is 469 g/mol. The van der Waals surface area contributed by atoms with Crippen LogP contribution in [0.2, 0.25) is 0 Å². The van der Waals surface area contributed by atoms with Crippen LogP contribution < -0.4 is 14.2 Å². The molecule has 0 saturated heterocycles. The monoisotopic (exact) mass is 468 g/mol. The molecule has 0 atom stereocenters. The molecule has 0 aliphatic carbocycles. The average Bonchev–Trinajstić information content (AvgIpc) is 2.80. The molecule has 7 nitrogen and oxygen atoms in total. The van der Waals surface area contributed by atoms with Crippen LogP contribution in [0, 0.1) is 13.8 Å². The second-order valence-electron chi connectivity index (χ2n) is 7.68. The molecule has 1 amide bonds. The van der Waals surface area contributed by atoms with E-state index in [2.05, 4.69) is 4.72 Å². The fourth-order valence-corrected chi connectivity index (χ4v) is 4.66. The highest BCUT2D eigenvalue weighted by Crippen LogP contribution is 2.26. The van der Waals surface area contributed by atoms with Gasteiger partial charge in [0.1, 0.15) is 6.61 Å². The van der Waals surface area contributed by atoms with Gasteiger partial charge in [-0.15, -0.1) is 0 Å². The van der Waals surface area contributed by atoms with Gasteiger partial charge in [0.15, 0.2) is 11.5 Å².